The molecule has 2 rings (SSSR count). The number of aromatic nitrogens is 1. The van der Waals surface area contributed by atoms with Crippen molar-refractivity contribution in [2.24, 2.45) is 0 Å². The molecule has 0 radical (unpaired) electrons. The highest BCUT2D eigenvalue weighted by Crippen LogP contribution is 2.16. The molecule has 0 aliphatic rings. The number of urea groups is 1. The van der Waals surface area contributed by atoms with Gasteiger partial charge in [-0.2, -0.15) is 0 Å². The third kappa shape index (κ3) is 6.70. The highest BCUT2D eigenvalue weighted by atomic mass is 16.5. The molecular formula is C20H28N4O4. The quantitative estimate of drug-likeness (QED) is 0.608. The molecular weight excluding hydrogens is 360 g/mol. The van der Waals surface area contributed by atoms with Crippen molar-refractivity contribution in [3.63, 3.8) is 0 Å². The molecule has 8 heteroatoms. The normalized spacial score (nSPS) is 10.5. The summed E-state index contributed by atoms with van der Waals surface area (Å²) in [5.74, 6) is 0.579. The molecule has 0 fully saturated rings. The lowest BCUT2D eigenvalue weighted by atomic mass is 10.1. The maximum absolute atomic E-state index is 12.8. The number of para-hydroxylation sites is 1. The minimum absolute atomic E-state index is 0.0990. The number of aryl methyl sites for hydroxylation is 2. The summed E-state index contributed by atoms with van der Waals surface area (Å²) in [6, 6.07) is 8.91. The van der Waals surface area contributed by atoms with Crippen LogP contribution in [-0.2, 0) is 16.0 Å². The molecule has 3 amide bonds. The first-order valence-corrected chi connectivity index (χ1v) is 9.48. The van der Waals surface area contributed by atoms with Crippen LogP contribution in [0.4, 0.5) is 16.3 Å². The summed E-state index contributed by atoms with van der Waals surface area (Å²) >= 11 is 0. The van der Waals surface area contributed by atoms with Crippen molar-refractivity contribution in [3.05, 3.63) is 41.7 Å². The third-order valence-corrected chi connectivity index (χ3v) is 4.08. The fourth-order valence-corrected chi connectivity index (χ4v) is 2.68. The molecule has 28 heavy (non-hydrogen) atoms. The maximum atomic E-state index is 12.8. The van der Waals surface area contributed by atoms with Crippen molar-refractivity contribution in [2.45, 2.75) is 33.6 Å². The zero-order valence-electron chi connectivity index (χ0n) is 16.7. The Morgan fingerprint density at radius 2 is 2.00 bits per heavy atom. The smallest absolute Gasteiger partial charge is 0.322 e. The highest BCUT2D eigenvalue weighted by molar-refractivity contribution is 5.96. The van der Waals surface area contributed by atoms with Crippen molar-refractivity contribution >= 4 is 23.4 Å². The van der Waals surface area contributed by atoms with E-state index in [1.54, 1.807) is 13.0 Å². The van der Waals surface area contributed by atoms with E-state index < -0.39 is 0 Å². The molecule has 0 aliphatic carbocycles. The van der Waals surface area contributed by atoms with E-state index in [4.69, 9.17) is 9.26 Å². The van der Waals surface area contributed by atoms with Gasteiger partial charge in [-0.1, -0.05) is 30.3 Å². The van der Waals surface area contributed by atoms with Crippen molar-refractivity contribution in [2.75, 3.05) is 36.9 Å². The lowest BCUT2D eigenvalue weighted by Gasteiger charge is -2.23. The van der Waals surface area contributed by atoms with Crippen LogP contribution in [0.15, 0.2) is 34.9 Å². The van der Waals surface area contributed by atoms with E-state index in [-0.39, 0.29) is 18.5 Å². The van der Waals surface area contributed by atoms with Gasteiger partial charge in [0.05, 0.1) is 0 Å². The first-order chi connectivity index (χ1) is 13.5. The lowest BCUT2D eigenvalue weighted by Crippen LogP contribution is -2.41. The van der Waals surface area contributed by atoms with Crippen LogP contribution in [0.25, 0.3) is 0 Å². The Labute approximate surface area is 165 Å². The highest BCUT2D eigenvalue weighted by Gasteiger charge is 2.19. The Hall–Kier alpha value is -2.87. The summed E-state index contributed by atoms with van der Waals surface area (Å²) in [7, 11) is 0. The molecule has 2 N–H and O–H groups in total. The molecule has 1 aromatic carbocycles. The van der Waals surface area contributed by atoms with Crippen molar-refractivity contribution < 1.29 is 18.8 Å². The fraction of sp³-hybridized carbons (Fsp3) is 0.450. The van der Waals surface area contributed by atoms with Gasteiger partial charge in [0.2, 0.25) is 5.91 Å². The van der Waals surface area contributed by atoms with Gasteiger partial charge in [0.15, 0.2) is 5.82 Å². The number of anilines is 2. The molecule has 1 heterocycles. The summed E-state index contributed by atoms with van der Waals surface area (Å²) in [5, 5.41) is 9.29. The molecule has 0 saturated carbocycles. The summed E-state index contributed by atoms with van der Waals surface area (Å²) in [4.78, 5) is 26.6. The van der Waals surface area contributed by atoms with E-state index in [1.165, 1.54) is 4.90 Å². The average Bonchev–Trinajstić information content (AvgIpc) is 3.09. The number of nitrogens with zero attached hydrogens (tertiary/aromatic N) is 2. The van der Waals surface area contributed by atoms with Gasteiger partial charge in [-0.15, -0.1) is 0 Å². The molecule has 152 valence electrons. The van der Waals surface area contributed by atoms with E-state index in [0.29, 0.717) is 37.8 Å². The van der Waals surface area contributed by atoms with Crippen molar-refractivity contribution in [3.8, 4) is 0 Å². The summed E-state index contributed by atoms with van der Waals surface area (Å²) < 4.78 is 10.3. The van der Waals surface area contributed by atoms with Gasteiger partial charge in [0.25, 0.3) is 0 Å². The van der Waals surface area contributed by atoms with Gasteiger partial charge in [-0.05, 0) is 38.3 Å². The number of ether oxygens (including phenoxy) is 1. The SMILES string of the molecule is CCOCCCN(CC(=O)Nc1cc(C)on1)C(=O)Nc1ccccc1CC. The van der Waals surface area contributed by atoms with E-state index in [1.807, 2.05) is 38.1 Å². The van der Waals surface area contributed by atoms with Crippen LogP contribution in [0.5, 0.6) is 0 Å². The Balaban J connectivity index is 2.02. The molecule has 0 atom stereocenters. The van der Waals surface area contributed by atoms with Crippen molar-refractivity contribution in [1.29, 1.82) is 0 Å². The molecule has 1 aromatic heterocycles. The molecule has 0 unspecified atom stereocenters. The maximum Gasteiger partial charge on any atom is 0.322 e. The average molecular weight is 388 g/mol. The Morgan fingerprint density at radius 3 is 2.68 bits per heavy atom. The van der Waals surface area contributed by atoms with Crippen LogP contribution in [-0.4, -0.2) is 48.3 Å². The number of carbonyl (C=O) groups is 2. The minimum atomic E-state index is -0.344. The van der Waals surface area contributed by atoms with E-state index in [2.05, 4.69) is 15.8 Å². The second-order valence-corrected chi connectivity index (χ2v) is 6.28. The van der Waals surface area contributed by atoms with E-state index in [0.717, 1.165) is 17.7 Å². The van der Waals surface area contributed by atoms with Crippen LogP contribution >= 0.6 is 0 Å². The van der Waals surface area contributed by atoms with Gasteiger partial charge in [-0.25, -0.2) is 4.79 Å². The first-order valence-electron chi connectivity index (χ1n) is 9.48. The molecule has 0 aliphatic heterocycles. The number of amides is 3. The summed E-state index contributed by atoms with van der Waals surface area (Å²) in [6.07, 6.45) is 1.43. The predicted molar refractivity (Wildman–Crippen MR) is 107 cm³/mol. The van der Waals surface area contributed by atoms with Gasteiger partial charge in [0.1, 0.15) is 12.3 Å². The zero-order chi connectivity index (χ0) is 20.4. The largest absolute Gasteiger partial charge is 0.382 e. The van der Waals surface area contributed by atoms with Crippen LogP contribution in [0, 0.1) is 6.92 Å². The third-order valence-electron chi connectivity index (χ3n) is 4.08. The van der Waals surface area contributed by atoms with Gasteiger partial charge >= 0.3 is 6.03 Å². The molecule has 0 spiro atoms. The second-order valence-electron chi connectivity index (χ2n) is 6.28. The van der Waals surface area contributed by atoms with Crippen molar-refractivity contribution in [1.82, 2.24) is 10.1 Å². The number of hydrogen-bond donors (Lipinski definition) is 2. The number of benzene rings is 1. The number of nitrogens with one attached hydrogen (secondary N) is 2. The molecule has 0 saturated heterocycles. The molecule has 0 bridgehead atoms. The van der Waals surface area contributed by atoms with Crippen LogP contribution in [0.3, 0.4) is 0 Å². The van der Waals surface area contributed by atoms with Crippen LogP contribution in [0.1, 0.15) is 31.6 Å². The Morgan fingerprint density at radius 1 is 1.21 bits per heavy atom. The standard InChI is InChI=1S/C20H28N4O4/c1-4-16-9-6-7-10-17(16)21-20(26)24(11-8-12-27-5-2)14-19(25)22-18-13-15(3)28-23-18/h6-7,9-10,13H,4-5,8,11-12,14H2,1-3H3,(H,21,26)(H,22,23,25). The monoisotopic (exact) mass is 388 g/mol. The zero-order valence-corrected chi connectivity index (χ0v) is 16.7. The van der Waals surface area contributed by atoms with Gasteiger partial charge in [-0.3, -0.25) is 4.79 Å². The van der Waals surface area contributed by atoms with E-state index >= 15 is 0 Å². The first kappa shape index (κ1) is 21.4. The topological polar surface area (TPSA) is 96.7 Å². The number of carbonyl (C=O) groups excluding carboxylic acids is 2. The lowest BCUT2D eigenvalue weighted by molar-refractivity contribution is -0.116. The number of rotatable bonds is 10. The Bertz CT molecular complexity index is 775. The predicted octanol–water partition coefficient (Wildman–Crippen LogP) is 3.44. The Kier molecular flexibility index (Phi) is 8.48. The minimum Gasteiger partial charge on any atom is -0.382 e. The summed E-state index contributed by atoms with van der Waals surface area (Å²) in [5.41, 5.74) is 1.78. The fourth-order valence-electron chi connectivity index (χ4n) is 2.68. The van der Waals surface area contributed by atoms with Crippen LogP contribution in [0.2, 0.25) is 0 Å². The summed E-state index contributed by atoms with van der Waals surface area (Å²) in [6.45, 7) is 7.11. The second kappa shape index (κ2) is 11.1. The van der Waals surface area contributed by atoms with Crippen LogP contribution < -0.4 is 10.6 Å². The van der Waals surface area contributed by atoms with Gasteiger partial charge in [0, 0.05) is 31.5 Å². The molecule has 8 nitrogen and oxygen atoms in total. The number of hydrogen-bond acceptors (Lipinski definition) is 5. The van der Waals surface area contributed by atoms with Gasteiger partial charge < -0.3 is 24.8 Å². The van der Waals surface area contributed by atoms with E-state index in [9.17, 15) is 9.59 Å². The molecule has 2 aromatic rings.